The third-order valence-electron chi connectivity index (χ3n) is 2.80. The van der Waals surface area contributed by atoms with E-state index in [1.807, 2.05) is 23.1 Å². The summed E-state index contributed by atoms with van der Waals surface area (Å²) in [4.78, 5) is 0. The second-order valence-electron chi connectivity index (χ2n) is 4.44. The first-order valence-electron chi connectivity index (χ1n) is 6.07. The molecule has 0 bridgehead atoms. The van der Waals surface area contributed by atoms with Gasteiger partial charge in [-0.1, -0.05) is 32.0 Å². The van der Waals surface area contributed by atoms with Crippen LogP contribution >= 0.6 is 0 Å². The van der Waals surface area contributed by atoms with E-state index in [0.29, 0.717) is 5.92 Å². The van der Waals surface area contributed by atoms with E-state index in [4.69, 9.17) is 0 Å². The normalized spacial score (nSPS) is 10.8. The van der Waals surface area contributed by atoms with Gasteiger partial charge in [-0.25, -0.2) is 0 Å². The highest BCUT2D eigenvalue weighted by molar-refractivity contribution is 5.52. The predicted octanol–water partition coefficient (Wildman–Crippen LogP) is 3.12. The number of aromatic nitrogens is 2. The molecule has 0 aliphatic rings. The van der Waals surface area contributed by atoms with Crippen LogP contribution in [-0.2, 0) is 6.54 Å². The van der Waals surface area contributed by atoms with E-state index < -0.39 is 0 Å². The second-order valence-corrected chi connectivity index (χ2v) is 4.44. The molecule has 0 unspecified atom stereocenters. The third-order valence-corrected chi connectivity index (χ3v) is 2.80. The van der Waals surface area contributed by atoms with Gasteiger partial charge < -0.3 is 5.32 Å². The lowest BCUT2D eigenvalue weighted by atomic mass is 10.0. The summed E-state index contributed by atoms with van der Waals surface area (Å²) in [7, 11) is 0. The molecule has 17 heavy (non-hydrogen) atoms. The number of nitrogens with zero attached hydrogens (tertiary/aromatic N) is 2. The lowest BCUT2D eigenvalue weighted by Crippen LogP contribution is -2.12. The first-order chi connectivity index (χ1) is 8.27. The van der Waals surface area contributed by atoms with Gasteiger partial charge in [-0.15, -0.1) is 0 Å². The number of hydrogen-bond donors (Lipinski definition) is 1. The summed E-state index contributed by atoms with van der Waals surface area (Å²) in [6.45, 7) is 6.22. The van der Waals surface area contributed by atoms with Gasteiger partial charge in [-0.05, 0) is 23.6 Å². The molecule has 0 radical (unpaired) electrons. The summed E-state index contributed by atoms with van der Waals surface area (Å²) >= 11 is 0. The number of nitrogens with one attached hydrogen (secondary N) is 1. The Bertz CT molecular complexity index is 446. The molecule has 1 aromatic heterocycles. The predicted molar refractivity (Wildman–Crippen MR) is 71.2 cm³/mol. The minimum absolute atomic E-state index is 0.545. The molecule has 1 heterocycles. The first-order valence-corrected chi connectivity index (χ1v) is 6.07. The van der Waals surface area contributed by atoms with Crippen molar-refractivity contribution in [2.24, 2.45) is 0 Å². The van der Waals surface area contributed by atoms with Gasteiger partial charge in [-0.3, -0.25) is 4.68 Å². The van der Waals surface area contributed by atoms with E-state index in [-0.39, 0.29) is 0 Å². The van der Waals surface area contributed by atoms with Gasteiger partial charge in [0.25, 0.3) is 0 Å². The Morgan fingerprint density at radius 3 is 2.76 bits per heavy atom. The molecule has 0 aliphatic carbocycles. The van der Waals surface area contributed by atoms with Crippen molar-refractivity contribution in [2.75, 3.05) is 11.9 Å². The molecule has 0 amide bonds. The summed E-state index contributed by atoms with van der Waals surface area (Å²) in [6.07, 6.45) is 3.79. The zero-order valence-corrected chi connectivity index (χ0v) is 10.4. The highest BCUT2D eigenvalue weighted by atomic mass is 15.3. The lowest BCUT2D eigenvalue weighted by Gasteiger charge is -2.14. The Kier molecular flexibility index (Phi) is 3.81. The molecule has 2 rings (SSSR count). The standard InChI is InChI=1S/C14H19N3/c1-12(2)13-6-3-4-7-14(13)15-9-11-17-10-5-8-16-17/h3-8,10,12,15H,9,11H2,1-2H3. The SMILES string of the molecule is CC(C)c1ccccc1NCCn1cccn1. The van der Waals surface area contributed by atoms with Crippen molar-refractivity contribution in [3.05, 3.63) is 48.3 Å². The molecule has 0 fully saturated rings. The smallest absolute Gasteiger partial charge is 0.0582 e. The average Bonchev–Trinajstić information content (AvgIpc) is 2.82. The zero-order valence-electron chi connectivity index (χ0n) is 10.4. The van der Waals surface area contributed by atoms with Crippen molar-refractivity contribution in [2.45, 2.75) is 26.3 Å². The Labute approximate surface area is 102 Å². The maximum Gasteiger partial charge on any atom is 0.0582 e. The van der Waals surface area contributed by atoms with E-state index in [1.165, 1.54) is 11.3 Å². The second kappa shape index (κ2) is 5.53. The average molecular weight is 229 g/mol. The van der Waals surface area contributed by atoms with Crippen LogP contribution in [0.5, 0.6) is 0 Å². The fourth-order valence-corrected chi connectivity index (χ4v) is 1.90. The molecule has 1 aromatic carbocycles. The fraction of sp³-hybridized carbons (Fsp3) is 0.357. The summed E-state index contributed by atoms with van der Waals surface area (Å²) < 4.78 is 1.94. The van der Waals surface area contributed by atoms with Crippen molar-refractivity contribution in [1.29, 1.82) is 0 Å². The topological polar surface area (TPSA) is 29.9 Å². The van der Waals surface area contributed by atoms with Gasteiger partial charge >= 0.3 is 0 Å². The van der Waals surface area contributed by atoms with Crippen molar-refractivity contribution in [1.82, 2.24) is 9.78 Å². The number of hydrogen-bond acceptors (Lipinski definition) is 2. The van der Waals surface area contributed by atoms with Crippen LogP contribution in [0.2, 0.25) is 0 Å². The Morgan fingerprint density at radius 2 is 2.06 bits per heavy atom. The summed E-state index contributed by atoms with van der Waals surface area (Å²) in [5.74, 6) is 0.545. The monoisotopic (exact) mass is 229 g/mol. The number of rotatable bonds is 5. The van der Waals surface area contributed by atoms with Crippen LogP contribution in [0.25, 0.3) is 0 Å². The van der Waals surface area contributed by atoms with Gasteiger partial charge in [0.15, 0.2) is 0 Å². The van der Waals surface area contributed by atoms with Crippen LogP contribution in [0, 0.1) is 0 Å². The molecule has 90 valence electrons. The maximum atomic E-state index is 4.18. The van der Waals surface area contributed by atoms with Crippen molar-refractivity contribution in [3.8, 4) is 0 Å². The largest absolute Gasteiger partial charge is 0.383 e. The van der Waals surface area contributed by atoms with Crippen LogP contribution in [0.1, 0.15) is 25.3 Å². The van der Waals surface area contributed by atoms with Crippen LogP contribution in [-0.4, -0.2) is 16.3 Å². The first kappa shape index (κ1) is 11.7. The van der Waals surface area contributed by atoms with Crippen molar-refractivity contribution >= 4 is 5.69 Å². The van der Waals surface area contributed by atoms with E-state index in [9.17, 15) is 0 Å². The number of benzene rings is 1. The quantitative estimate of drug-likeness (QED) is 0.853. The highest BCUT2D eigenvalue weighted by Gasteiger charge is 2.04. The van der Waals surface area contributed by atoms with Crippen LogP contribution in [0.3, 0.4) is 0 Å². The van der Waals surface area contributed by atoms with Crippen LogP contribution in [0.4, 0.5) is 5.69 Å². The Hall–Kier alpha value is -1.77. The highest BCUT2D eigenvalue weighted by Crippen LogP contribution is 2.23. The van der Waals surface area contributed by atoms with Crippen LogP contribution in [0.15, 0.2) is 42.7 Å². The van der Waals surface area contributed by atoms with Crippen molar-refractivity contribution in [3.63, 3.8) is 0 Å². The van der Waals surface area contributed by atoms with Gasteiger partial charge in [0.2, 0.25) is 0 Å². The molecule has 0 aliphatic heterocycles. The molecule has 2 aromatic rings. The Morgan fingerprint density at radius 1 is 1.24 bits per heavy atom. The van der Waals surface area contributed by atoms with E-state index in [2.05, 4.69) is 48.5 Å². The fourth-order valence-electron chi connectivity index (χ4n) is 1.90. The van der Waals surface area contributed by atoms with Crippen LogP contribution < -0.4 is 5.32 Å². The minimum atomic E-state index is 0.545. The van der Waals surface area contributed by atoms with E-state index >= 15 is 0 Å². The van der Waals surface area contributed by atoms with E-state index in [0.717, 1.165) is 13.1 Å². The van der Waals surface area contributed by atoms with Gasteiger partial charge in [0.1, 0.15) is 0 Å². The molecule has 3 nitrogen and oxygen atoms in total. The number of para-hydroxylation sites is 1. The number of anilines is 1. The molecule has 1 N–H and O–H groups in total. The molecule has 0 saturated heterocycles. The summed E-state index contributed by atoms with van der Waals surface area (Å²) in [5, 5.41) is 7.65. The Balaban J connectivity index is 1.94. The maximum absolute atomic E-state index is 4.18. The van der Waals surface area contributed by atoms with Gasteiger partial charge in [0.05, 0.1) is 6.54 Å². The molecular formula is C14H19N3. The minimum Gasteiger partial charge on any atom is -0.383 e. The third kappa shape index (κ3) is 3.09. The molecular weight excluding hydrogens is 210 g/mol. The zero-order chi connectivity index (χ0) is 12.1. The molecule has 0 saturated carbocycles. The molecule has 3 heteroatoms. The van der Waals surface area contributed by atoms with Gasteiger partial charge in [0, 0.05) is 24.6 Å². The molecule has 0 spiro atoms. The van der Waals surface area contributed by atoms with Gasteiger partial charge in [-0.2, -0.15) is 5.10 Å². The summed E-state index contributed by atoms with van der Waals surface area (Å²) in [5.41, 5.74) is 2.60. The molecule has 0 atom stereocenters. The van der Waals surface area contributed by atoms with Crippen molar-refractivity contribution < 1.29 is 0 Å². The lowest BCUT2D eigenvalue weighted by molar-refractivity contribution is 0.637. The summed E-state index contributed by atoms with van der Waals surface area (Å²) in [6, 6.07) is 10.4. The van der Waals surface area contributed by atoms with E-state index in [1.54, 1.807) is 0 Å².